The van der Waals surface area contributed by atoms with Crippen LogP contribution in [0.25, 0.3) is 11.3 Å². The number of hydrogen-bond donors (Lipinski definition) is 2. The summed E-state index contributed by atoms with van der Waals surface area (Å²) in [6.45, 7) is 3.09. The molecule has 2 aromatic rings. The van der Waals surface area contributed by atoms with Crippen molar-refractivity contribution in [2.24, 2.45) is 0 Å². The third-order valence-electron chi connectivity index (χ3n) is 4.38. The molecule has 4 heterocycles. The van der Waals surface area contributed by atoms with Gasteiger partial charge < -0.3 is 14.8 Å². The van der Waals surface area contributed by atoms with Crippen molar-refractivity contribution in [3.63, 3.8) is 0 Å². The summed E-state index contributed by atoms with van der Waals surface area (Å²) in [6.07, 6.45) is 3.02. The molecule has 2 N–H and O–H groups in total. The molecule has 0 aromatic carbocycles. The van der Waals surface area contributed by atoms with Crippen molar-refractivity contribution in [2.45, 2.75) is 25.5 Å². The first-order valence-electron chi connectivity index (χ1n) is 8.23. The van der Waals surface area contributed by atoms with E-state index in [9.17, 15) is 4.79 Å². The Morgan fingerprint density at radius 2 is 2.16 bits per heavy atom. The number of nitrogens with one attached hydrogen (secondary N) is 2. The highest BCUT2D eigenvalue weighted by molar-refractivity contribution is 5.67. The molecule has 25 heavy (non-hydrogen) atoms. The molecule has 0 spiro atoms. The van der Waals surface area contributed by atoms with Crippen LogP contribution in [0, 0.1) is 0 Å². The van der Waals surface area contributed by atoms with Crippen LogP contribution < -0.4 is 10.1 Å². The first-order valence-corrected chi connectivity index (χ1v) is 8.23. The average molecular weight is 341 g/mol. The Balaban J connectivity index is 1.85. The number of fused-ring (bicyclic) bond motifs is 7. The minimum Gasteiger partial charge on any atom is -0.490 e. The van der Waals surface area contributed by atoms with Gasteiger partial charge in [-0.25, -0.2) is 4.79 Å². The van der Waals surface area contributed by atoms with Crippen LogP contribution in [0.3, 0.4) is 0 Å². The van der Waals surface area contributed by atoms with Gasteiger partial charge >= 0.3 is 6.09 Å². The smallest absolute Gasteiger partial charge is 0.407 e. The lowest BCUT2D eigenvalue weighted by atomic mass is 10.00. The Hall–Kier alpha value is -3.03. The minimum absolute atomic E-state index is 0.0801. The molecule has 2 aromatic heterocycles. The largest absolute Gasteiger partial charge is 0.490 e. The highest BCUT2D eigenvalue weighted by Gasteiger charge is 2.25. The van der Waals surface area contributed by atoms with Gasteiger partial charge in [-0.15, -0.1) is 0 Å². The standard InChI is InChI=1S/C17H19N5O3/c1-11-14-9-18-17(23)24-7-6-22-10-12(8-19-22)15-4-2-13(25-11)3-5-16(14)21-20-15/h2-5,8,10-11,14,21H,6-7,9H2,1H3,(H,18,23)/t11-,14?/m1/s1. The maximum Gasteiger partial charge on any atom is 0.407 e. The van der Waals surface area contributed by atoms with Crippen molar-refractivity contribution in [1.82, 2.24) is 25.3 Å². The number of H-pyrrole nitrogens is 1. The molecule has 1 amide bonds. The predicted octanol–water partition coefficient (Wildman–Crippen LogP) is 2.00. The molecule has 2 atom stereocenters. The summed E-state index contributed by atoms with van der Waals surface area (Å²) in [5.74, 6) is 0.662. The molecule has 8 nitrogen and oxygen atoms in total. The number of cyclic esters (lactones) is 1. The lowest BCUT2D eigenvalue weighted by molar-refractivity contribution is 0.135. The molecule has 130 valence electrons. The Morgan fingerprint density at radius 3 is 3.08 bits per heavy atom. The van der Waals surface area contributed by atoms with Gasteiger partial charge in [0.05, 0.1) is 24.4 Å². The molecule has 2 aliphatic heterocycles. The van der Waals surface area contributed by atoms with Crippen LogP contribution in [0.5, 0.6) is 5.75 Å². The summed E-state index contributed by atoms with van der Waals surface area (Å²) in [7, 11) is 0. The van der Waals surface area contributed by atoms with E-state index in [0.29, 0.717) is 13.1 Å². The zero-order valence-electron chi connectivity index (χ0n) is 13.8. The lowest BCUT2D eigenvalue weighted by Gasteiger charge is -2.23. The first-order chi connectivity index (χ1) is 12.2. The van der Waals surface area contributed by atoms with E-state index in [0.717, 1.165) is 22.7 Å². The van der Waals surface area contributed by atoms with Crippen LogP contribution in [0.1, 0.15) is 18.5 Å². The van der Waals surface area contributed by atoms with Crippen LogP contribution in [0.15, 0.2) is 36.7 Å². The highest BCUT2D eigenvalue weighted by Crippen LogP contribution is 2.26. The van der Waals surface area contributed by atoms with Gasteiger partial charge in [-0.05, 0) is 31.2 Å². The van der Waals surface area contributed by atoms with E-state index >= 15 is 0 Å². The molecule has 0 aliphatic carbocycles. The molecule has 0 fully saturated rings. The fraction of sp³-hybridized carbons (Fsp3) is 0.353. The van der Waals surface area contributed by atoms with Gasteiger partial charge in [-0.1, -0.05) is 0 Å². The van der Waals surface area contributed by atoms with Gasteiger partial charge in [0.1, 0.15) is 18.5 Å². The lowest BCUT2D eigenvalue weighted by Crippen LogP contribution is -2.35. The number of rotatable bonds is 0. The second kappa shape index (κ2) is 6.46. The van der Waals surface area contributed by atoms with E-state index in [1.54, 1.807) is 10.9 Å². The fourth-order valence-corrected chi connectivity index (χ4v) is 2.95. The van der Waals surface area contributed by atoms with Crippen molar-refractivity contribution in [1.29, 1.82) is 0 Å². The van der Waals surface area contributed by atoms with Crippen LogP contribution >= 0.6 is 0 Å². The third kappa shape index (κ3) is 3.28. The number of nitrogens with zero attached hydrogens (tertiary/aromatic N) is 3. The van der Waals surface area contributed by atoms with Gasteiger partial charge in [-0.3, -0.25) is 9.78 Å². The van der Waals surface area contributed by atoms with E-state index < -0.39 is 6.09 Å². The predicted molar refractivity (Wildman–Crippen MR) is 89.6 cm³/mol. The van der Waals surface area contributed by atoms with E-state index in [-0.39, 0.29) is 18.6 Å². The van der Waals surface area contributed by atoms with Gasteiger partial charge in [0, 0.05) is 24.0 Å². The van der Waals surface area contributed by atoms with Crippen LogP contribution in [0.4, 0.5) is 4.79 Å². The summed E-state index contributed by atoms with van der Waals surface area (Å²) >= 11 is 0. The van der Waals surface area contributed by atoms with Gasteiger partial charge in [0.25, 0.3) is 0 Å². The molecule has 0 saturated heterocycles. The van der Waals surface area contributed by atoms with Gasteiger partial charge in [0.2, 0.25) is 0 Å². The van der Waals surface area contributed by atoms with Crippen molar-refractivity contribution >= 4 is 6.09 Å². The zero-order chi connectivity index (χ0) is 17.2. The summed E-state index contributed by atoms with van der Waals surface area (Å²) in [5.41, 5.74) is 2.49. The number of amides is 1. The SMILES string of the molecule is C[C@H]1Oc2ccc3n[nH]c(cc2)C1CNC(=O)OCCn1cc-3cn1. The molecule has 0 saturated carbocycles. The monoisotopic (exact) mass is 341 g/mol. The fourth-order valence-electron chi connectivity index (χ4n) is 2.95. The summed E-state index contributed by atoms with van der Waals surface area (Å²) in [5, 5.41) is 14.8. The number of hydrogen-bond acceptors (Lipinski definition) is 5. The topological polar surface area (TPSA) is 94.1 Å². The van der Waals surface area contributed by atoms with E-state index in [4.69, 9.17) is 9.47 Å². The molecule has 1 unspecified atom stereocenters. The molecule has 8 heteroatoms. The summed E-state index contributed by atoms with van der Waals surface area (Å²) in [4.78, 5) is 11.9. The maximum absolute atomic E-state index is 11.9. The second-order valence-corrected chi connectivity index (χ2v) is 6.07. The average Bonchev–Trinajstić information content (AvgIpc) is 3.02. The normalized spacial score (nSPS) is 21.6. The molecule has 4 rings (SSSR count). The molecular formula is C17H19N5O3. The molecule has 2 aliphatic rings. The zero-order valence-corrected chi connectivity index (χ0v) is 13.8. The number of carbonyl (C=O) groups excluding carboxylic acids is 1. The van der Waals surface area contributed by atoms with Crippen LogP contribution in [-0.2, 0) is 11.3 Å². The Bertz CT molecular complexity index is 842. The molecule has 0 radical (unpaired) electrons. The van der Waals surface area contributed by atoms with Crippen molar-refractivity contribution < 1.29 is 14.3 Å². The summed E-state index contributed by atoms with van der Waals surface area (Å²) < 4.78 is 12.9. The second-order valence-electron chi connectivity index (χ2n) is 6.07. The van der Waals surface area contributed by atoms with E-state index in [1.165, 1.54) is 0 Å². The van der Waals surface area contributed by atoms with E-state index in [2.05, 4.69) is 20.6 Å². The van der Waals surface area contributed by atoms with Crippen LogP contribution in [0.2, 0.25) is 0 Å². The highest BCUT2D eigenvalue weighted by atomic mass is 16.5. The van der Waals surface area contributed by atoms with E-state index in [1.807, 2.05) is 37.4 Å². The number of carbonyl (C=O) groups is 1. The maximum atomic E-state index is 11.9. The van der Waals surface area contributed by atoms with Gasteiger partial charge in [0.15, 0.2) is 0 Å². The quantitative estimate of drug-likeness (QED) is 0.764. The van der Waals surface area contributed by atoms with Crippen LogP contribution in [-0.4, -0.2) is 45.3 Å². The number of alkyl carbamates (subject to hydrolysis) is 1. The van der Waals surface area contributed by atoms with Crippen molar-refractivity contribution in [3.05, 3.63) is 42.4 Å². The number of aromatic amines is 1. The first kappa shape index (κ1) is 15.5. The summed E-state index contributed by atoms with van der Waals surface area (Å²) in [6, 6.07) is 7.62. The third-order valence-corrected chi connectivity index (χ3v) is 4.38. The molecule has 5 bridgehead atoms. The van der Waals surface area contributed by atoms with Gasteiger partial charge in [-0.2, -0.15) is 10.2 Å². The van der Waals surface area contributed by atoms with Crippen molar-refractivity contribution in [2.75, 3.05) is 13.2 Å². The number of ether oxygens (including phenoxy) is 2. The number of aromatic nitrogens is 4. The molecular weight excluding hydrogens is 322 g/mol. The Kier molecular flexibility index (Phi) is 4.01. The van der Waals surface area contributed by atoms with Crippen molar-refractivity contribution in [3.8, 4) is 17.0 Å². The minimum atomic E-state index is -0.454. The Morgan fingerprint density at radius 1 is 1.28 bits per heavy atom. The Labute approximate surface area is 144 Å².